The second-order valence-electron chi connectivity index (χ2n) is 6.43. The molecule has 0 amide bonds. The van der Waals surface area contributed by atoms with Crippen LogP contribution in [0.25, 0.3) is 27.8 Å². The van der Waals surface area contributed by atoms with Crippen LogP contribution in [-0.4, -0.2) is 25.0 Å². The molecule has 5 nitrogen and oxygen atoms in total. The van der Waals surface area contributed by atoms with Gasteiger partial charge < -0.3 is 10.2 Å². The first-order valence-electron chi connectivity index (χ1n) is 8.81. The van der Waals surface area contributed by atoms with E-state index in [0.29, 0.717) is 22.6 Å². The maximum atomic E-state index is 10.5. The molecule has 4 aromatic rings. The van der Waals surface area contributed by atoms with Gasteiger partial charge >= 0.3 is 0 Å². The average Bonchev–Trinajstić information content (AvgIpc) is 3.04. The zero-order chi connectivity index (χ0) is 19.0. The molecule has 136 valence electrons. The number of nitrogens with one attached hydrogen (secondary N) is 1. The monoisotopic (exact) mass is 377 g/mol. The van der Waals surface area contributed by atoms with Gasteiger partial charge in [0.2, 0.25) is 0 Å². The Morgan fingerprint density at radius 1 is 1.04 bits per heavy atom. The normalized spacial score (nSPS) is 11.1. The number of rotatable bonds is 4. The topological polar surface area (TPSA) is 74.1 Å². The summed E-state index contributed by atoms with van der Waals surface area (Å²) in [6.45, 7) is 2.04. The van der Waals surface area contributed by atoms with E-state index in [1.54, 1.807) is 6.07 Å². The second-order valence-corrected chi connectivity index (χ2v) is 6.82. The van der Waals surface area contributed by atoms with E-state index in [4.69, 9.17) is 12.2 Å². The Kier molecular flexibility index (Phi) is 4.41. The Morgan fingerprint density at radius 3 is 2.63 bits per heavy atom. The molecular formula is C21H19N3O2S. The van der Waals surface area contributed by atoms with Crippen molar-refractivity contribution in [3.63, 3.8) is 0 Å². The fourth-order valence-electron chi connectivity index (χ4n) is 3.38. The molecule has 0 radical (unpaired) electrons. The molecular weight excluding hydrogens is 358 g/mol. The maximum Gasteiger partial charge on any atom is 0.200 e. The molecule has 1 heterocycles. The van der Waals surface area contributed by atoms with Crippen molar-refractivity contribution < 1.29 is 10.2 Å². The van der Waals surface area contributed by atoms with Crippen LogP contribution in [0.5, 0.6) is 11.5 Å². The quantitative estimate of drug-likeness (QED) is 0.432. The highest BCUT2D eigenvalue weighted by Crippen LogP contribution is 2.36. The predicted octanol–water partition coefficient (Wildman–Crippen LogP) is 5.11. The third-order valence-electron chi connectivity index (χ3n) is 4.64. The first-order chi connectivity index (χ1) is 13.1. The number of hydrogen-bond donors (Lipinski definition) is 3. The number of aryl methyl sites for hydroxylation is 1. The van der Waals surface area contributed by atoms with Gasteiger partial charge in [-0.3, -0.25) is 9.67 Å². The van der Waals surface area contributed by atoms with E-state index >= 15 is 0 Å². The number of aromatic hydroxyl groups is 2. The highest BCUT2D eigenvalue weighted by atomic mass is 32.1. The number of benzene rings is 3. The van der Waals surface area contributed by atoms with Crippen molar-refractivity contribution in [2.45, 2.75) is 19.8 Å². The lowest BCUT2D eigenvalue weighted by Gasteiger charge is -2.13. The smallest absolute Gasteiger partial charge is 0.200 e. The van der Waals surface area contributed by atoms with E-state index in [2.05, 4.69) is 10.2 Å². The van der Waals surface area contributed by atoms with Crippen LogP contribution in [0.15, 0.2) is 54.6 Å². The van der Waals surface area contributed by atoms with Crippen LogP contribution < -0.4 is 0 Å². The number of fused-ring (bicyclic) bond motifs is 1. The lowest BCUT2D eigenvalue weighted by molar-refractivity contribution is 0.446. The summed E-state index contributed by atoms with van der Waals surface area (Å²) in [5.74, 6) is 0.554. The first-order valence-corrected chi connectivity index (χ1v) is 9.21. The van der Waals surface area contributed by atoms with Crippen molar-refractivity contribution in [2.24, 2.45) is 0 Å². The first kappa shape index (κ1) is 17.3. The number of phenols is 2. The van der Waals surface area contributed by atoms with E-state index in [9.17, 15) is 10.2 Å². The van der Waals surface area contributed by atoms with Gasteiger partial charge in [0.15, 0.2) is 10.6 Å². The minimum absolute atomic E-state index is 0.0390. The van der Waals surface area contributed by atoms with Gasteiger partial charge in [0.05, 0.1) is 11.3 Å². The lowest BCUT2D eigenvalue weighted by Crippen LogP contribution is -2.00. The lowest BCUT2D eigenvalue weighted by atomic mass is 10.0. The van der Waals surface area contributed by atoms with E-state index in [1.165, 1.54) is 6.07 Å². The van der Waals surface area contributed by atoms with Crippen LogP contribution in [0.2, 0.25) is 0 Å². The van der Waals surface area contributed by atoms with Crippen LogP contribution in [-0.2, 0) is 6.42 Å². The van der Waals surface area contributed by atoms with Crippen LogP contribution >= 0.6 is 12.2 Å². The number of H-pyrrole nitrogens is 1. The molecule has 27 heavy (non-hydrogen) atoms. The summed E-state index contributed by atoms with van der Waals surface area (Å²) in [7, 11) is 0. The summed E-state index contributed by atoms with van der Waals surface area (Å²) in [5, 5.41) is 29.9. The Hall–Kier alpha value is -3.12. The van der Waals surface area contributed by atoms with Crippen molar-refractivity contribution in [2.75, 3.05) is 0 Å². The van der Waals surface area contributed by atoms with Crippen LogP contribution in [0.1, 0.15) is 18.9 Å². The van der Waals surface area contributed by atoms with Gasteiger partial charge in [-0.15, -0.1) is 0 Å². The van der Waals surface area contributed by atoms with Gasteiger partial charge in [0.25, 0.3) is 0 Å². The number of aromatic nitrogens is 3. The van der Waals surface area contributed by atoms with Crippen LogP contribution in [0.3, 0.4) is 0 Å². The molecule has 0 fully saturated rings. The summed E-state index contributed by atoms with van der Waals surface area (Å²) < 4.78 is 2.25. The fourth-order valence-corrected chi connectivity index (χ4v) is 3.61. The number of hydrogen-bond acceptors (Lipinski definition) is 4. The molecule has 0 bridgehead atoms. The molecule has 0 atom stereocenters. The third-order valence-corrected chi connectivity index (χ3v) is 4.91. The molecule has 0 aliphatic heterocycles. The standard InChI is InChI=1S/C21H19N3O2S/c1-2-6-14-11-16(19(26)12-18(14)25)20-22-23-21(27)24(20)17-10-5-8-13-7-3-4-9-15(13)17/h3-5,7-12,25-26H,2,6H2,1H3,(H,23,27). The molecule has 0 unspecified atom stereocenters. The van der Waals surface area contributed by atoms with Gasteiger partial charge in [-0.1, -0.05) is 49.7 Å². The Labute approximate surface area is 161 Å². The Balaban J connectivity index is 1.99. The second kappa shape index (κ2) is 6.89. The van der Waals surface area contributed by atoms with Crippen LogP contribution in [0, 0.1) is 4.77 Å². The van der Waals surface area contributed by atoms with E-state index < -0.39 is 0 Å². The number of aromatic amines is 1. The Morgan fingerprint density at radius 2 is 1.81 bits per heavy atom. The summed E-state index contributed by atoms with van der Waals surface area (Å²) >= 11 is 5.48. The van der Waals surface area contributed by atoms with E-state index in [1.807, 2.05) is 54.0 Å². The van der Waals surface area contributed by atoms with Crippen molar-refractivity contribution in [3.05, 3.63) is 64.9 Å². The van der Waals surface area contributed by atoms with Crippen molar-refractivity contribution in [1.29, 1.82) is 0 Å². The molecule has 3 N–H and O–H groups in total. The average molecular weight is 377 g/mol. The molecule has 0 saturated carbocycles. The summed E-state index contributed by atoms with van der Waals surface area (Å²) in [5.41, 5.74) is 2.17. The number of phenolic OH excluding ortho intramolecular Hbond substituents is 2. The minimum Gasteiger partial charge on any atom is -0.508 e. The largest absolute Gasteiger partial charge is 0.508 e. The van der Waals surface area contributed by atoms with Crippen LogP contribution in [0.4, 0.5) is 0 Å². The van der Waals surface area contributed by atoms with Gasteiger partial charge in [0.1, 0.15) is 11.5 Å². The summed E-state index contributed by atoms with van der Waals surface area (Å²) in [6, 6.07) is 17.2. The highest BCUT2D eigenvalue weighted by Gasteiger charge is 2.18. The third kappa shape index (κ3) is 2.98. The minimum atomic E-state index is -0.0390. The summed E-state index contributed by atoms with van der Waals surface area (Å²) in [6.07, 6.45) is 1.59. The molecule has 3 aromatic carbocycles. The SMILES string of the molecule is CCCc1cc(-c2n[nH]c(=S)n2-c2cccc3ccccc23)c(O)cc1O. The van der Waals surface area contributed by atoms with E-state index in [-0.39, 0.29) is 11.5 Å². The molecule has 0 spiro atoms. The Bertz CT molecular complexity index is 1190. The molecule has 6 heteroatoms. The summed E-state index contributed by atoms with van der Waals surface area (Å²) in [4.78, 5) is 0. The molecule has 0 aliphatic carbocycles. The van der Waals surface area contributed by atoms with Gasteiger partial charge in [0, 0.05) is 11.5 Å². The zero-order valence-corrected chi connectivity index (χ0v) is 15.6. The van der Waals surface area contributed by atoms with Crippen molar-refractivity contribution in [1.82, 2.24) is 14.8 Å². The van der Waals surface area contributed by atoms with Gasteiger partial charge in [-0.2, -0.15) is 5.10 Å². The predicted molar refractivity (Wildman–Crippen MR) is 109 cm³/mol. The molecule has 4 rings (SSSR count). The zero-order valence-electron chi connectivity index (χ0n) is 14.8. The maximum absolute atomic E-state index is 10.5. The highest BCUT2D eigenvalue weighted by molar-refractivity contribution is 7.71. The molecule has 0 aliphatic rings. The van der Waals surface area contributed by atoms with Crippen molar-refractivity contribution in [3.8, 4) is 28.6 Å². The fraction of sp³-hybridized carbons (Fsp3) is 0.143. The molecule has 0 saturated heterocycles. The van der Waals surface area contributed by atoms with Crippen molar-refractivity contribution >= 4 is 23.0 Å². The number of nitrogens with zero attached hydrogens (tertiary/aromatic N) is 2. The van der Waals surface area contributed by atoms with E-state index in [0.717, 1.165) is 28.4 Å². The van der Waals surface area contributed by atoms with Gasteiger partial charge in [-0.25, -0.2) is 0 Å². The molecule has 1 aromatic heterocycles. The van der Waals surface area contributed by atoms with Gasteiger partial charge in [-0.05, 0) is 41.7 Å².